The first-order valence-corrected chi connectivity index (χ1v) is 6.75. The first kappa shape index (κ1) is 9.30. The molecule has 0 spiro atoms. The number of hydrogen-bond acceptors (Lipinski definition) is 0. The average Bonchev–Trinajstić information content (AvgIpc) is 2.71. The van der Waals surface area contributed by atoms with Crippen molar-refractivity contribution in [2.24, 2.45) is 5.92 Å². The Morgan fingerprint density at radius 3 is 2.14 bits per heavy atom. The molecule has 1 radical (unpaired) electrons. The summed E-state index contributed by atoms with van der Waals surface area (Å²) >= 11 is 0. The molecule has 0 unspecified atom stereocenters. The maximum Gasteiger partial charge on any atom is 0.122 e. The first-order chi connectivity index (χ1) is 6.89. The highest BCUT2D eigenvalue weighted by Gasteiger charge is 2.45. The molecule has 1 aliphatic carbocycles. The SMILES string of the molecule is [B]1C2CCCC1(C1CCCC1)CCC2.[HH]. The van der Waals surface area contributed by atoms with Gasteiger partial charge < -0.3 is 0 Å². The van der Waals surface area contributed by atoms with Crippen LogP contribution in [0.5, 0.6) is 0 Å². The highest BCUT2D eigenvalue weighted by atomic mass is 14.4. The zero-order valence-corrected chi connectivity index (χ0v) is 9.30. The molecule has 0 atom stereocenters. The molecule has 0 aromatic carbocycles. The maximum atomic E-state index is 2.82. The van der Waals surface area contributed by atoms with Gasteiger partial charge in [0.1, 0.15) is 7.28 Å². The van der Waals surface area contributed by atoms with E-state index in [4.69, 9.17) is 0 Å². The van der Waals surface area contributed by atoms with Crippen LogP contribution in [-0.4, -0.2) is 7.28 Å². The van der Waals surface area contributed by atoms with Gasteiger partial charge in [-0.2, -0.15) is 0 Å². The van der Waals surface area contributed by atoms with Crippen molar-refractivity contribution in [1.29, 1.82) is 0 Å². The van der Waals surface area contributed by atoms with Crippen LogP contribution in [0.4, 0.5) is 0 Å². The molecule has 3 fully saturated rings. The van der Waals surface area contributed by atoms with E-state index < -0.39 is 0 Å². The Kier molecular flexibility index (Phi) is 2.38. The Balaban J connectivity index is 0.000000853. The summed E-state index contributed by atoms with van der Waals surface area (Å²) in [4.78, 5) is 0. The molecule has 2 heterocycles. The van der Waals surface area contributed by atoms with Gasteiger partial charge in [-0.25, -0.2) is 0 Å². The van der Waals surface area contributed by atoms with E-state index in [1.807, 2.05) is 0 Å². The van der Waals surface area contributed by atoms with Crippen LogP contribution < -0.4 is 0 Å². The van der Waals surface area contributed by atoms with Gasteiger partial charge in [0.25, 0.3) is 0 Å². The highest BCUT2D eigenvalue weighted by Crippen LogP contribution is 2.59. The van der Waals surface area contributed by atoms with Crippen LogP contribution >= 0.6 is 0 Å². The fourth-order valence-electron chi connectivity index (χ4n) is 4.50. The zero-order chi connectivity index (χ0) is 9.43. The van der Waals surface area contributed by atoms with Crippen molar-refractivity contribution in [2.45, 2.75) is 75.3 Å². The summed E-state index contributed by atoms with van der Waals surface area (Å²) in [6.45, 7) is 0. The maximum absolute atomic E-state index is 2.82. The average molecular weight is 191 g/mol. The first-order valence-electron chi connectivity index (χ1n) is 6.75. The molecule has 2 saturated heterocycles. The van der Waals surface area contributed by atoms with E-state index in [1.54, 1.807) is 12.8 Å². The van der Waals surface area contributed by atoms with E-state index >= 15 is 0 Å². The van der Waals surface area contributed by atoms with Crippen LogP contribution in [0, 0.1) is 5.92 Å². The molecule has 0 aromatic rings. The van der Waals surface area contributed by atoms with Crippen molar-refractivity contribution in [3.8, 4) is 0 Å². The van der Waals surface area contributed by atoms with Crippen LogP contribution in [0.15, 0.2) is 0 Å². The van der Waals surface area contributed by atoms with E-state index in [9.17, 15) is 0 Å². The lowest BCUT2D eigenvalue weighted by Crippen LogP contribution is -2.37. The van der Waals surface area contributed by atoms with Gasteiger partial charge in [-0.1, -0.05) is 75.3 Å². The second-order valence-corrected chi connectivity index (χ2v) is 5.93. The molecule has 14 heavy (non-hydrogen) atoms. The molecule has 3 rings (SSSR count). The van der Waals surface area contributed by atoms with Gasteiger partial charge in [-0.05, 0) is 5.92 Å². The van der Waals surface area contributed by atoms with Gasteiger partial charge >= 0.3 is 0 Å². The lowest BCUT2D eigenvalue weighted by atomic mass is 9.33. The third kappa shape index (κ3) is 1.44. The van der Waals surface area contributed by atoms with Crippen LogP contribution in [-0.2, 0) is 0 Å². The van der Waals surface area contributed by atoms with Gasteiger partial charge in [0.15, 0.2) is 0 Å². The van der Waals surface area contributed by atoms with Gasteiger partial charge in [-0.3, -0.25) is 0 Å². The zero-order valence-electron chi connectivity index (χ0n) is 9.30. The Bertz CT molecular complexity index is 201. The third-order valence-electron chi connectivity index (χ3n) is 5.17. The summed E-state index contributed by atoms with van der Waals surface area (Å²) in [6, 6.07) is 0. The smallest absolute Gasteiger partial charge is 0.0682 e. The minimum absolute atomic E-state index is 0. The van der Waals surface area contributed by atoms with Gasteiger partial charge in [0, 0.05) is 1.43 Å². The second-order valence-electron chi connectivity index (χ2n) is 5.93. The Hall–Kier alpha value is 0.0649. The number of rotatable bonds is 1. The molecule has 1 heteroatoms. The minimum atomic E-state index is 0. The summed E-state index contributed by atoms with van der Waals surface area (Å²) in [6.07, 6.45) is 15.3. The van der Waals surface area contributed by atoms with Crippen molar-refractivity contribution in [1.82, 2.24) is 0 Å². The minimum Gasteiger partial charge on any atom is -0.0682 e. The summed E-state index contributed by atoms with van der Waals surface area (Å²) in [7, 11) is 2.82. The third-order valence-corrected chi connectivity index (χ3v) is 5.17. The van der Waals surface area contributed by atoms with Gasteiger partial charge in [0.2, 0.25) is 0 Å². The fraction of sp³-hybridized carbons (Fsp3) is 1.00. The Morgan fingerprint density at radius 1 is 0.857 bits per heavy atom. The summed E-state index contributed by atoms with van der Waals surface area (Å²) < 4.78 is 0. The van der Waals surface area contributed by atoms with Gasteiger partial charge in [-0.15, -0.1) is 0 Å². The topological polar surface area (TPSA) is 0 Å². The lowest BCUT2D eigenvalue weighted by Gasteiger charge is -2.48. The number of hydrogen-bond donors (Lipinski definition) is 0. The quantitative estimate of drug-likeness (QED) is 0.537. The van der Waals surface area contributed by atoms with Crippen molar-refractivity contribution in [3.63, 3.8) is 0 Å². The molecule has 0 N–H and O–H groups in total. The highest BCUT2D eigenvalue weighted by molar-refractivity contribution is 6.42. The van der Waals surface area contributed by atoms with Crippen LogP contribution in [0.1, 0.15) is 65.6 Å². The standard InChI is InChI=1S/C13H22B.H2/c1-2-6-11(5-1)13-9-3-7-12(14-13)8-4-10-13;/h11-12H,1-10H2;1H. The summed E-state index contributed by atoms with van der Waals surface area (Å²) in [5.41, 5.74) is 0. The number of fused-ring (bicyclic) bond motifs is 2. The Labute approximate surface area is 90.6 Å². The molecule has 0 nitrogen and oxygen atoms in total. The monoisotopic (exact) mass is 191 g/mol. The predicted molar refractivity (Wildman–Crippen MR) is 64.0 cm³/mol. The van der Waals surface area contributed by atoms with E-state index in [-0.39, 0.29) is 1.43 Å². The van der Waals surface area contributed by atoms with E-state index in [0.29, 0.717) is 0 Å². The van der Waals surface area contributed by atoms with Crippen molar-refractivity contribution >= 4 is 7.28 Å². The molecule has 2 aliphatic heterocycles. The van der Waals surface area contributed by atoms with E-state index in [1.165, 1.54) is 51.4 Å². The van der Waals surface area contributed by atoms with Crippen LogP contribution in [0.2, 0.25) is 11.1 Å². The van der Waals surface area contributed by atoms with Crippen molar-refractivity contribution < 1.29 is 1.43 Å². The largest absolute Gasteiger partial charge is 0.122 e. The van der Waals surface area contributed by atoms with Crippen molar-refractivity contribution in [2.75, 3.05) is 0 Å². The molecular formula is C13H24B. The Morgan fingerprint density at radius 2 is 1.50 bits per heavy atom. The summed E-state index contributed by atoms with van der Waals surface area (Å²) in [5, 5.41) is 0.734. The summed E-state index contributed by atoms with van der Waals surface area (Å²) in [5.74, 6) is 2.10. The van der Waals surface area contributed by atoms with Crippen LogP contribution in [0.25, 0.3) is 0 Å². The second kappa shape index (κ2) is 3.57. The van der Waals surface area contributed by atoms with E-state index in [2.05, 4.69) is 7.28 Å². The van der Waals surface area contributed by atoms with Gasteiger partial charge in [0.05, 0.1) is 0 Å². The van der Waals surface area contributed by atoms with Crippen LogP contribution in [0.3, 0.4) is 0 Å². The molecule has 1 saturated carbocycles. The predicted octanol–water partition coefficient (Wildman–Crippen LogP) is 4.44. The molecule has 79 valence electrons. The molecule has 3 aliphatic rings. The van der Waals surface area contributed by atoms with E-state index in [0.717, 1.165) is 17.0 Å². The molecule has 2 bridgehead atoms. The molecular weight excluding hydrogens is 167 g/mol. The molecule has 0 aromatic heterocycles. The fourth-order valence-corrected chi connectivity index (χ4v) is 4.50. The van der Waals surface area contributed by atoms with Crippen molar-refractivity contribution in [3.05, 3.63) is 0 Å². The molecule has 0 amide bonds. The lowest BCUT2D eigenvalue weighted by molar-refractivity contribution is 0.255. The normalized spacial score (nSPS) is 43.6.